The molecule has 1 atom stereocenters. The number of carboxylic acid groups (broad SMARTS) is 1. The highest BCUT2D eigenvalue weighted by molar-refractivity contribution is 7.89. The second kappa shape index (κ2) is 4.22. The summed E-state index contributed by atoms with van der Waals surface area (Å²) in [6.07, 6.45) is 1.40. The number of carboxylic acids is 1. The lowest BCUT2D eigenvalue weighted by Gasteiger charge is -2.10. The second-order valence-electron chi connectivity index (χ2n) is 3.44. The van der Waals surface area contributed by atoms with E-state index in [4.69, 9.17) is 5.11 Å². The molecule has 0 saturated carbocycles. The quantitative estimate of drug-likeness (QED) is 0.745. The number of nitrogens with zero attached hydrogens (tertiary/aromatic N) is 2. The van der Waals surface area contributed by atoms with Crippen LogP contribution in [-0.2, 0) is 21.9 Å². The molecule has 8 heteroatoms. The van der Waals surface area contributed by atoms with Gasteiger partial charge in [-0.15, -0.1) is 0 Å². The van der Waals surface area contributed by atoms with Crippen LogP contribution >= 0.6 is 0 Å². The number of sulfonamides is 1. The Labute approximate surface area is 93.1 Å². The molecule has 90 valence electrons. The van der Waals surface area contributed by atoms with Gasteiger partial charge in [0, 0.05) is 12.6 Å². The highest BCUT2D eigenvalue weighted by Crippen LogP contribution is 2.13. The third-order valence-electron chi connectivity index (χ3n) is 2.01. The Morgan fingerprint density at radius 3 is 2.56 bits per heavy atom. The van der Waals surface area contributed by atoms with Crippen molar-refractivity contribution in [3.05, 3.63) is 11.8 Å². The van der Waals surface area contributed by atoms with Gasteiger partial charge in [0.2, 0.25) is 0 Å². The zero-order chi connectivity index (χ0) is 12.5. The average Bonchev–Trinajstić information content (AvgIpc) is 2.45. The zero-order valence-electron chi connectivity index (χ0n) is 9.13. The van der Waals surface area contributed by atoms with Crippen molar-refractivity contribution in [2.75, 3.05) is 0 Å². The molecule has 1 heterocycles. The molecule has 2 N–H and O–H groups in total. The van der Waals surface area contributed by atoms with E-state index in [1.807, 2.05) is 0 Å². The topological polar surface area (TPSA) is 101 Å². The minimum Gasteiger partial charge on any atom is -0.480 e. The van der Waals surface area contributed by atoms with Crippen LogP contribution in [0.3, 0.4) is 0 Å². The summed E-state index contributed by atoms with van der Waals surface area (Å²) in [4.78, 5) is 10.6. The fraction of sp³-hybridized carbons (Fsp3) is 0.500. The van der Waals surface area contributed by atoms with Gasteiger partial charge in [-0.1, -0.05) is 0 Å². The van der Waals surface area contributed by atoms with E-state index in [0.717, 1.165) is 0 Å². The van der Waals surface area contributed by atoms with Crippen molar-refractivity contribution >= 4 is 16.0 Å². The standard InChI is InChI=1S/C8H13N3O4S/c1-5-4-9-11(3)7(5)16(14,15)10-6(2)8(12)13/h4,6,10H,1-3H3,(H,12,13)/t6-/m0/s1. The predicted octanol–water partition coefficient (Wildman–Crippen LogP) is -0.520. The molecule has 0 bridgehead atoms. The highest BCUT2D eigenvalue weighted by Gasteiger charge is 2.25. The van der Waals surface area contributed by atoms with Crippen molar-refractivity contribution in [3.8, 4) is 0 Å². The summed E-state index contributed by atoms with van der Waals surface area (Å²) < 4.78 is 26.9. The molecule has 7 nitrogen and oxygen atoms in total. The van der Waals surface area contributed by atoms with Crippen LogP contribution in [0.25, 0.3) is 0 Å². The monoisotopic (exact) mass is 247 g/mol. The first-order chi connectivity index (χ1) is 7.25. The van der Waals surface area contributed by atoms with Crippen LogP contribution in [-0.4, -0.2) is 35.3 Å². The molecule has 0 aliphatic carbocycles. The van der Waals surface area contributed by atoms with Crippen molar-refractivity contribution in [1.82, 2.24) is 14.5 Å². The van der Waals surface area contributed by atoms with E-state index in [2.05, 4.69) is 9.82 Å². The normalized spacial score (nSPS) is 13.7. The molecule has 0 aliphatic heterocycles. The fourth-order valence-electron chi connectivity index (χ4n) is 1.26. The molecule has 0 aliphatic rings. The molecule has 1 aromatic heterocycles. The number of nitrogens with one attached hydrogen (secondary N) is 1. The van der Waals surface area contributed by atoms with E-state index >= 15 is 0 Å². The number of aliphatic carboxylic acids is 1. The van der Waals surface area contributed by atoms with Crippen LogP contribution in [0.5, 0.6) is 0 Å². The van der Waals surface area contributed by atoms with Crippen LogP contribution < -0.4 is 4.72 Å². The van der Waals surface area contributed by atoms with E-state index in [-0.39, 0.29) is 5.03 Å². The van der Waals surface area contributed by atoms with Gasteiger partial charge in [0.25, 0.3) is 10.0 Å². The summed E-state index contributed by atoms with van der Waals surface area (Å²) >= 11 is 0. The molecule has 1 aromatic rings. The fourth-order valence-corrected chi connectivity index (χ4v) is 2.81. The van der Waals surface area contributed by atoms with Crippen LogP contribution in [0.15, 0.2) is 11.2 Å². The average molecular weight is 247 g/mol. The number of hydrogen-bond acceptors (Lipinski definition) is 4. The van der Waals surface area contributed by atoms with E-state index in [1.165, 1.54) is 24.9 Å². The molecule has 0 spiro atoms. The molecular weight excluding hydrogens is 234 g/mol. The lowest BCUT2D eigenvalue weighted by atomic mass is 10.4. The Morgan fingerprint density at radius 2 is 2.19 bits per heavy atom. The Balaban J connectivity index is 3.09. The summed E-state index contributed by atoms with van der Waals surface area (Å²) in [5.74, 6) is -1.23. The van der Waals surface area contributed by atoms with Gasteiger partial charge in [-0.25, -0.2) is 8.42 Å². The van der Waals surface area contributed by atoms with Gasteiger partial charge in [0.05, 0.1) is 6.20 Å². The first-order valence-electron chi connectivity index (χ1n) is 4.49. The summed E-state index contributed by atoms with van der Waals surface area (Å²) in [6.45, 7) is 2.85. The minimum atomic E-state index is -3.85. The van der Waals surface area contributed by atoms with E-state index < -0.39 is 22.0 Å². The summed E-state index contributed by atoms with van der Waals surface area (Å²) in [5, 5.41) is 12.4. The third-order valence-corrected chi connectivity index (χ3v) is 3.77. The third kappa shape index (κ3) is 2.39. The molecule has 1 rings (SSSR count). The summed E-state index contributed by atoms with van der Waals surface area (Å²) in [5.41, 5.74) is 0.465. The van der Waals surface area contributed by atoms with Gasteiger partial charge >= 0.3 is 5.97 Å². The number of rotatable bonds is 4. The van der Waals surface area contributed by atoms with Gasteiger partial charge in [-0.2, -0.15) is 9.82 Å². The Bertz CT molecular complexity index is 486. The number of aryl methyl sites for hydroxylation is 2. The molecule has 0 saturated heterocycles. The number of aromatic nitrogens is 2. The van der Waals surface area contributed by atoms with Crippen molar-refractivity contribution in [2.45, 2.75) is 24.9 Å². The van der Waals surface area contributed by atoms with Crippen LogP contribution in [0.1, 0.15) is 12.5 Å². The maximum absolute atomic E-state index is 11.8. The molecule has 0 fully saturated rings. The van der Waals surface area contributed by atoms with Crippen LogP contribution in [0.4, 0.5) is 0 Å². The SMILES string of the molecule is Cc1cnn(C)c1S(=O)(=O)N[C@@H](C)C(=O)O. The van der Waals surface area contributed by atoms with E-state index in [1.54, 1.807) is 6.92 Å². The molecule has 0 radical (unpaired) electrons. The largest absolute Gasteiger partial charge is 0.480 e. The Kier molecular flexibility index (Phi) is 3.34. The van der Waals surface area contributed by atoms with Crippen LogP contribution in [0, 0.1) is 6.92 Å². The van der Waals surface area contributed by atoms with Gasteiger partial charge in [0.15, 0.2) is 5.03 Å². The Hall–Kier alpha value is -1.41. The van der Waals surface area contributed by atoms with Gasteiger partial charge in [-0.05, 0) is 13.8 Å². The molecular formula is C8H13N3O4S. The maximum atomic E-state index is 11.8. The van der Waals surface area contributed by atoms with Crippen molar-refractivity contribution in [3.63, 3.8) is 0 Å². The Morgan fingerprint density at radius 1 is 1.62 bits per heavy atom. The smallest absolute Gasteiger partial charge is 0.321 e. The van der Waals surface area contributed by atoms with Crippen molar-refractivity contribution in [2.24, 2.45) is 7.05 Å². The van der Waals surface area contributed by atoms with Crippen LogP contribution in [0.2, 0.25) is 0 Å². The van der Waals surface area contributed by atoms with E-state index in [9.17, 15) is 13.2 Å². The lowest BCUT2D eigenvalue weighted by Crippen LogP contribution is -2.39. The van der Waals surface area contributed by atoms with E-state index in [0.29, 0.717) is 5.56 Å². The van der Waals surface area contributed by atoms with Crippen molar-refractivity contribution in [1.29, 1.82) is 0 Å². The van der Waals surface area contributed by atoms with Gasteiger partial charge in [-0.3, -0.25) is 9.48 Å². The lowest BCUT2D eigenvalue weighted by molar-refractivity contribution is -0.138. The minimum absolute atomic E-state index is 0.0272. The zero-order valence-corrected chi connectivity index (χ0v) is 9.95. The number of carbonyl (C=O) groups is 1. The van der Waals surface area contributed by atoms with Gasteiger partial charge < -0.3 is 5.11 Å². The molecule has 0 unspecified atom stereocenters. The first-order valence-corrected chi connectivity index (χ1v) is 5.97. The van der Waals surface area contributed by atoms with Crippen molar-refractivity contribution < 1.29 is 18.3 Å². The molecule has 0 amide bonds. The second-order valence-corrected chi connectivity index (χ2v) is 5.07. The maximum Gasteiger partial charge on any atom is 0.321 e. The van der Waals surface area contributed by atoms with Gasteiger partial charge in [0.1, 0.15) is 6.04 Å². The number of hydrogen-bond donors (Lipinski definition) is 2. The molecule has 0 aromatic carbocycles. The highest BCUT2D eigenvalue weighted by atomic mass is 32.2. The predicted molar refractivity (Wildman–Crippen MR) is 55.4 cm³/mol. The molecule has 16 heavy (non-hydrogen) atoms. The first kappa shape index (κ1) is 12.7. The summed E-state index contributed by atoms with van der Waals surface area (Å²) in [6, 6.07) is -1.18. The summed E-state index contributed by atoms with van der Waals surface area (Å²) in [7, 11) is -2.37.